The predicted octanol–water partition coefficient (Wildman–Crippen LogP) is 3.27. The average Bonchev–Trinajstić information content (AvgIpc) is 3.20. The van der Waals surface area contributed by atoms with E-state index in [1.165, 1.54) is 25.7 Å². The van der Waals surface area contributed by atoms with Gasteiger partial charge in [0.1, 0.15) is 5.82 Å². The summed E-state index contributed by atoms with van der Waals surface area (Å²) in [6.07, 6.45) is 11.0. The molecule has 0 radical (unpaired) electrons. The molecular weight excluding hydrogens is 424 g/mol. The van der Waals surface area contributed by atoms with Crippen LogP contribution < -0.4 is 10.6 Å². The van der Waals surface area contributed by atoms with Crippen molar-refractivity contribution in [2.45, 2.75) is 32.6 Å². The van der Waals surface area contributed by atoms with Gasteiger partial charge in [-0.3, -0.25) is 9.97 Å². The molecule has 8 heteroatoms. The molecule has 2 saturated heterocycles. The summed E-state index contributed by atoms with van der Waals surface area (Å²) in [7, 11) is 2.22. The molecule has 3 aromatic heterocycles. The minimum absolute atomic E-state index is 0.428. The third kappa shape index (κ3) is 4.37. The lowest BCUT2D eigenvalue weighted by atomic mass is 9.78. The summed E-state index contributed by atoms with van der Waals surface area (Å²) in [5.41, 5.74) is 10.4. The Bertz CT molecular complexity index is 1220. The van der Waals surface area contributed by atoms with Crippen molar-refractivity contribution in [3.8, 4) is 0 Å². The summed E-state index contributed by atoms with van der Waals surface area (Å²) in [5, 5.41) is 8.85. The van der Waals surface area contributed by atoms with Gasteiger partial charge in [0.25, 0.3) is 0 Å². The number of allylic oxidation sites excluding steroid dienone is 2. The Kier molecular flexibility index (Phi) is 6.00. The van der Waals surface area contributed by atoms with Crippen molar-refractivity contribution >= 4 is 28.5 Å². The van der Waals surface area contributed by atoms with Crippen molar-refractivity contribution in [1.82, 2.24) is 24.8 Å². The summed E-state index contributed by atoms with van der Waals surface area (Å²) in [6.45, 7) is 6.08. The zero-order valence-corrected chi connectivity index (χ0v) is 20.0. The van der Waals surface area contributed by atoms with Crippen molar-refractivity contribution in [2.24, 2.45) is 11.1 Å². The van der Waals surface area contributed by atoms with Crippen molar-refractivity contribution in [3.63, 3.8) is 0 Å². The minimum Gasteiger partial charge on any atom is -0.402 e. The molecule has 2 aliphatic rings. The largest absolute Gasteiger partial charge is 0.402 e. The summed E-state index contributed by atoms with van der Waals surface area (Å²) >= 11 is 0. The molecule has 3 aromatic rings. The molecule has 5 rings (SSSR count). The van der Waals surface area contributed by atoms with Crippen LogP contribution in [0.25, 0.3) is 16.5 Å². The number of fused-ring (bicyclic) bond motifs is 1. The van der Waals surface area contributed by atoms with E-state index in [4.69, 9.17) is 21.1 Å². The van der Waals surface area contributed by atoms with Gasteiger partial charge in [0.15, 0.2) is 5.82 Å². The number of aromatic nitrogens is 4. The van der Waals surface area contributed by atoms with Gasteiger partial charge in [-0.1, -0.05) is 6.07 Å². The molecule has 0 unspecified atom stereocenters. The second kappa shape index (κ2) is 9.10. The maximum absolute atomic E-state index is 7.86. The molecule has 2 fully saturated rings. The van der Waals surface area contributed by atoms with Crippen LogP contribution in [-0.4, -0.2) is 64.3 Å². The lowest BCUT2D eigenvalue weighted by molar-refractivity contribution is 0.222. The lowest BCUT2D eigenvalue weighted by Gasteiger charge is -2.40. The Morgan fingerprint density at radius 1 is 1.18 bits per heavy atom. The molecule has 176 valence electrons. The fourth-order valence-electron chi connectivity index (χ4n) is 5.34. The van der Waals surface area contributed by atoms with Crippen LogP contribution in [0.1, 0.15) is 43.3 Å². The third-order valence-electron chi connectivity index (χ3n) is 7.29. The number of piperidine rings is 1. The van der Waals surface area contributed by atoms with Crippen molar-refractivity contribution in [1.29, 1.82) is 5.41 Å². The normalized spacial score (nSPS) is 18.9. The first-order valence-electron chi connectivity index (χ1n) is 11.9. The quantitative estimate of drug-likeness (QED) is 0.567. The zero-order chi connectivity index (χ0) is 23.7. The highest BCUT2D eigenvalue weighted by Gasteiger charge is 2.39. The zero-order valence-electron chi connectivity index (χ0n) is 20.0. The first kappa shape index (κ1) is 22.4. The number of likely N-dealkylation sites (tertiary alicyclic amines) is 1. The van der Waals surface area contributed by atoms with Gasteiger partial charge in [-0.2, -0.15) is 0 Å². The second-order valence-electron chi connectivity index (χ2n) is 9.82. The van der Waals surface area contributed by atoms with Crippen LogP contribution in [0.15, 0.2) is 42.5 Å². The molecule has 1 spiro atoms. The topological polar surface area (TPSA) is 108 Å². The molecule has 0 atom stereocenters. The predicted molar refractivity (Wildman–Crippen MR) is 136 cm³/mol. The number of pyridine rings is 2. The number of anilines is 1. The van der Waals surface area contributed by atoms with E-state index in [0.29, 0.717) is 28.9 Å². The molecule has 0 aliphatic carbocycles. The van der Waals surface area contributed by atoms with Gasteiger partial charge in [-0.05, 0) is 62.9 Å². The number of rotatable bonds is 5. The van der Waals surface area contributed by atoms with Gasteiger partial charge >= 0.3 is 0 Å². The first-order chi connectivity index (χ1) is 16.5. The molecular formula is C26H32N8. The third-order valence-corrected chi connectivity index (χ3v) is 7.29. The number of hydrogen-bond acceptors (Lipinski definition) is 8. The maximum atomic E-state index is 7.86. The van der Waals surface area contributed by atoms with E-state index in [1.807, 2.05) is 18.5 Å². The van der Waals surface area contributed by atoms with Gasteiger partial charge in [-0.15, -0.1) is 0 Å². The molecule has 8 nitrogen and oxygen atoms in total. The van der Waals surface area contributed by atoms with Crippen molar-refractivity contribution < 1.29 is 0 Å². The van der Waals surface area contributed by atoms with Gasteiger partial charge in [0, 0.05) is 61.4 Å². The molecule has 3 N–H and O–H groups in total. The smallest absolute Gasteiger partial charge is 0.165 e. The fraction of sp³-hybridized carbons (Fsp3) is 0.423. The van der Waals surface area contributed by atoms with Crippen LogP contribution in [0.3, 0.4) is 0 Å². The molecule has 5 heterocycles. The van der Waals surface area contributed by atoms with E-state index in [-0.39, 0.29) is 0 Å². The molecule has 0 bridgehead atoms. The summed E-state index contributed by atoms with van der Waals surface area (Å²) in [5.74, 6) is 1.40. The standard InChI is InChI=1S/C26H32N8/c1-18(28)22(14-27)24-31-23-16-30-20(12-19-4-3-8-29-15-19)13-21(23)25(32-24)34-10-6-26(7-11-34)5-9-33(2)17-26/h3-4,8,13-16,27H,5-7,9-12,17,28H2,1-2H3/b22-18+,27-14?. The average molecular weight is 457 g/mol. The Morgan fingerprint density at radius 2 is 1.97 bits per heavy atom. The van der Waals surface area contributed by atoms with Crippen LogP contribution in [0.5, 0.6) is 0 Å². The van der Waals surface area contributed by atoms with E-state index < -0.39 is 0 Å². The van der Waals surface area contributed by atoms with E-state index >= 15 is 0 Å². The highest BCUT2D eigenvalue weighted by molar-refractivity contribution is 6.08. The van der Waals surface area contributed by atoms with Crippen LogP contribution in [0, 0.1) is 10.8 Å². The maximum Gasteiger partial charge on any atom is 0.165 e. The molecule has 0 aromatic carbocycles. The highest BCUT2D eigenvalue weighted by Crippen LogP contribution is 2.41. The Morgan fingerprint density at radius 3 is 2.62 bits per heavy atom. The summed E-state index contributed by atoms with van der Waals surface area (Å²) in [4.78, 5) is 23.5. The van der Waals surface area contributed by atoms with Crippen LogP contribution in [-0.2, 0) is 6.42 Å². The Labute approximate surface area is 200 Å². The summed E-state index contributed by atoms with van der Waals surface area (Å²) < 4.78 is 0. The number of nitrogens with one attached hydrogen (secondary N) is 1. The number of nitrogens with zero attached hydrogens (tertiary/aromatic N) is 6. The molecule has 34 heavy (non-hydrogen) atoms. The van der Waals surface area contributed by atoms with Crippen molar-refractivity contribution in [2.75, 3.05) is 38.1 Å². The van der Waals surface area contributed by atoms with E-state index in [9.17, 15) is 0 Å². The Balaban J connectivity index is 1.54. The lowest BCUT2D eigenvalue weighted by Crippen LogP contribution is -2.42. The highest BCUT2D eigenvalue weighted by atomic mass is 15.2. The molecule has 0 saturated carbocycles. The van der Waals surface area contributed by atoms with Crippen LogP contribution in [0.2, 0.25) is 0 Å². The van der Waals surface area contributed by atoms with Crippen molar-refractivity contribution in [3.05, 3.63) is 59.6 Å². The van der Waals surface area contributed by atoms with Crippen LogP contribution in [0.4, 0.5) is 5.82 Å². The number of hydrogen-bond donors (Lipinski definition) is 2. The van der Waals surface area contributed by atoms with Crippen LogP contribution >= 0.6 is 0 Å². The van der Waals surface area contributed by atoms with Gasteiger partial charge < -0.3 is 20.9 Å². The first-order valence-corrected chi connectivity index (χ1v) is 11.9. The number of nitrogens with two attached hydrogens (primary N) is 1. The SMILES string of the molecule is C/C(N)=C(/C=N)c1nc(N2CCC3(CCN(C)C3)CC2)c2cc(Cc3cccnc3)ncc2n1. The monoisotopic (exact) mass is 456 g/mol. The second-order valence-corrected chi connectivity index (χ2v) is 9.82. The summed E-state index contributed by atoms with van der Waals surface area (Å²) in [6, 6.07) is 6.12. The minimum atomic E-state index is 0.428. The van der Waals surface area contributed by atoms with E-state index in [2.05, 4.69) is 38.9 Å². The van der Waals surface area contributed by atoms with Gasteiger partial charge in [0.05, 0.1) is 17.3 Å². The van der Waals surface area contributed by atoms with Gasteiger partial charge in [0.2, 0.25) is 0 Å². The molecule has 2 aliphatic heterocycles. The molecule has 0 amide bonds. The fourth-order valence-corrected chi connectivity index (χ4v) is 5.34. The van der Waals surface area contributed by atoms with E-state index in [1.54, 1.807) is 13.1 Å². The van der Waals surface area contributed by atoms with E-state index in [0.717, 1.165) is 53.9 Å². The Hall–Kier alpha value is -3.39. The van der Waals surface area contributed by atoms with Gasteiger partial charge in [-0.25, -0.2) is 9.97 Å².